The van der Waals surface area contributed by atoms with Crippen LogP contribution in [0, 0.1) is 11.6 Å². The first-order valence-corrected chi connectivity index (χ1v) is 15.0. The van der Waals surface area contributed by atoms with E-state index < -0.39 is 7.15 Å². The summed E-state index contributed by atoms with van der Waals surface area (Å²) < 4.78 is 53.3. The Labute approximate surface area is 304 Å². The van der Waals surface area contributed by atoms with Crippen LogP contribution in [0.1, 0.15) is 49.5 Å². The van der Waals surface area contributed by atoms with Gasteiger partial charge in [0.05, 0.1) is 26.2 Å². The molecule has 5 aromatic rings. The Kier molecular flexibility index (Phi) is 16.6. The summed E-state index contributed by atoms with van der Waals surface area (Å²) in [6.45, 7) is 10.4. The summed E-state index contributed by atoms with van der Waals surface area (Å²) in [5, 5.41) is 0.861. The molecule has 230 valence electrons. The van der Waals surface area contributed by atoms with Crippen LogP contribution in [0.4, 0.5) is 13.2 Å². The Morgan fingerprint density at radius 1 is 0.907 bits per heavy atom. The number of alkyl halides is 1. The second kappa shape index (κ2) is 18.8. The molecule has 16 heteroatoms. The number of imidazole rings is 2. The second-order valence-electron chi connectivity index (χ2n) is 8.79. The van der Waals surface area contributed by atoms with Gasteiger partial charge in [0.25, 0.3) is 6.01 Å². The van der Waals surface area contributed by atoms with Gasteiger partial charge in [-0.15, -0.1) is 0 Å². The topological polar surface area (TPSA) is 70.7 Å². The molecule has 0 aliphatic carbocycles. The van der Waals surface area contributed by atoms with Crippen molar-refractivity contribution in [1.29, 1.82) is 0 Å². The summed E-state index contributed by atoms with van der Waals surface area (Å²) in [4.78, 5) is 15.4. The number of rotatable bonds is 4. The minimum atomic E-state index is -1.00. The second-order valence-corrected chi connectivity index (χ2v) is 11.7. The minimum absolute atomic E-state index is 0. The quantitative estimate of drug-likeness (QED) is 0.107. The molecule has 0 aliphatic rings. The average molecular weight is 801 g/mol. The van der Waals surface area contributed by atoms with E-state index in [0.717, 1.165) is 5.52 Å². The van der Waals surface area contributed by atoms with Crippen LogP contribution in [0.5, 0.6) is 6.01 Å². The van der Waals surface area contributed by atoms with Crippen LogP contribution < -0.4 is 34.3 Å². The molecule has 0 atom stereocenters. The molecule has 0 amide bonds. The van der Waals surface area contributed by atoms with Crippen LogP contribution >= 0.6 is 66.7 Å². The van der Waals surface area contributed by atoms with Crippen molar-refractivity contribution in [1.82, 2.24) is 29.1 Å². The summed E-state index contributed by atoms with van der Waals surface area (Å²) in [6.07, 6.45) is 1.50. The van der Waals surface area contributed by atoms with Gasteiger partial charge >= 0.3 is 29.6 Å². The Balaban J connectivity index is 0.000000634. The largest absolute Gasteiger partial charge is 1.00 e. The van der Waals surface area contributed by atoms with Gasteiger partial charge < -0.3 is 10.7 Å². The Bertz CT molecular complexity index is 1650. The first kappa shape index (κ1) is 38.1. The van der Waals surface area contributed by atoms with Crippen molar-refractivity contribution in [3.63, 3.8) is 0 Å². The van der Waals surface area contributed by atoms with Crippen molar-refractivity contribution >= 4 is 88.7 Å². The van der Waals surface area contributed by atoms with Crippen molar-refractivity contribution in [3.05, 3.63) is 72.8 Å². The number of ether oxygens (including phenoxy) is 1. The molecule has 0 bridgehead atoms. The zero-order chi connectivity index (χ0) is 32.4. The molecule has 43 heavy (non-hydrogen) atoms. The van der Waals surface area contributed by atoms with Gasteiger partial charge in [-0.05, 0) is 88.2 Å². The molecule has 5 rings (SSSR count). The van der Waals surface area contributed by atoms with Gasteiger partial charge in [-0.3, -0.25) is 8.96 Å². The summed E-state index contributed by atoms with van der Waals surface area (Å²) in [5.74, 6) is -0.699. The number of fused-ring (bicyclic) bond motifs is 2. The number of halogens is 8. The molecule has 7 nitrogen and oxygen atoms in total. The van der Waals surface area contributed by atoms with E-state index in [9.17, 15) is 13.2 Å². The van der Waals surface area contributed by atoms with Gasteiger partial charge in [0.15, 0.2) is 11.6 Å². The van der Waals surface area contributed by atoms with E-state index in [2.05, 4.69) is 51.8 Å². The fourth-order valence-corrected chi connectivity index (χ4v) is 5.26. The van der Waals surface area contributed by atoms with E-state index >= 15 is 0 Å². The SMILES string of the molecule is CC(C)n1c(Cl)nc2c(F)cc(Br)cc21.CCOc1nc2c(F)cc(Br)cc2n1C(C)C.Clc1ccnc(Cl)n1.[2H]CF.[H-].[Na+]. The summed E-state index contributed by atoms with van der Waals surface area (Å²) >= 11 is 23.2. The molecular weight excluding hydrogens is 770 g/mol. The molecule has 2 aromatic carbocycles. The Morgan fingerprint density at radius 2 is 1.40 bits per heavy atom. The predicted octanol–water partition coefficient (Wildman–Crippen LogP) is 7.58. The zero-order valence-corrected chi connectivity index (χ0v) is 31.6. The van der Waals surface area contributed by atoms with E-state index in [1.807, 2.05) is 51.3 Å². The monoisotopic (exact) mass is 797 g/mol. The van der Waals surface area contributed by atoms with Crippen molar-refractivity contribution in [2.45, 2.75) is 46.7 Å². The predicted molar refractivity (Wildman–Crippen MR) is 172 cm³/mol. The molecular formula is C27H29Br2Cl3F3N6NaO. The normalized spacial score (nSPS) is 10.7. The molecule has 0 aliphatic heterocycles. The maximum Gasteiger partial charge on any atom is 1.00 e. The first-order chi connectivity index (χ1) is 20.2. The van der Waals surface area contributed by atoms with Crippen LogP contribution in [0.3, 0.4) is 0 Å². The van der Waals surface area contributed by atoms with Crippen LogP contribution in [0.25, 0.3) is 22.1 Å². The zero-order valence-electron chi connectivity index (χ0n) is 26.1. The van der Waals surface area contributed by atoms with Gasteiger partial charge in [-0.25, -0.2) is 23.7 Å². The number of hydrogen-bond donors (Lipinski definition) is 0. The van der Waals surface area contributed by atoms with E-state index in [1.165, 1.54) is 18.3 Å². The Hall–Kier alpha value is -1.12. The van der Waals surface area contributed by atoms with E-state index in [4.69, 9.17) is 40.9 Å². The number of nitrogens with zero attached hydrogens (tertiary/aromatic N) is 6. The molecule has 0 saturated heterocycles. The van der Waals surface area contributed by atoms with Crippen LogP contribution in [0.2, 0.25) is 15.7 Å². The number of benzene rings is 2. The third-order valence-corrected chi connectivity index (χ3v) is 6.82. The van der Waals surface area contributed by atoms with Crippen LogP contribution in [-0.2, 0) is 0 Å². The molecule has 0 N–H and O–H groups in total. The average Bonchev–Trinajstić information content (AvgIpc) is 3.43. The van der Waals surface area contributed by atoms with Crippen molar-refractivity contribution < 1.29 is 50.3 Å². The maximum absolute atomic E-state index is 13.8. The fourth-order valence-electron chi connectivity index (χ4n) is 3.73. The van der Waals surface area contributed by atoms with Gasteiger partial charge in [-0.1, -0.05) is 43.5 Å². The molecule has 0 fully saturated rings. The third kappa shape index (κ3) is 10.7. The van der Waals surface area contributed by atoms with Gasteiger partial charge in [-0.2, -0.15) is 4.98 Å². The van der Waals surface area contributed by atoms with Crippen molar-refractivity contribution in [2.75, 3.05) is 13.8 Å². The van der Waals surface area contributed by atoms with Crippen LogP contribution in [-0.4, -0.2) is 42.8 Å². The molecule has 3 aromatic heterocycles. The smallest absolute Gasteiger partial charge is 1.00 e. The third-order valence-electron chi connectivity index (χ3n) is 5.25. The van der Waals surface area contributed by atoms with E-state index in [-0.39, 0.29) is 60.0 Å². The van der Waals surface area contributed by atoms with E-state index in [1.54, 1.807) is 10.6 Å². The summed E-state index contributed by atoms with van der Waals surface area (Å²) in [7, 11) is -1.00. The first-order valence-electron chi connectivity index (χ1n) is 13.0. The number of aromatic nitrogens is 6. The van der Waals surface area contributed by atoms with Crippen molar-refractivity contribution in [2.24, 2.45) is 0 Å². The van der Waals surface area contributed by atoms with E-state index in [0.29, 0.717) is 48.5 Å². The maximum atomic E-state index is 13.8. The molecule has 0 radical (unpaired) electrons. The van der Waals surface area contributed by atoms with Crippen molar-refractivity contribution in [3.8, 4) is 6.01 Å². The van der Waals surface area contributed by atoms with Gasteiger partial charge in [0.2, 0.25) is 10.6 Å². The number of hydrogen-bond acceptors (Lipinski definition) is 5. The summed E-state index contributed by atoms with van der Waals surface area (Å²) in [6, 6.07) is 8.81. The molecule has 0 unspecified atom stereocenters. The van der Waals surface area contributed by atoms with Crippen LogP contribution in [0.15, 0.2) is 45.5 Å². The fraction of sp³-hybridized carbons (Fsp3) is 0.333. The minimum Gasteiger partial charge on any atom is -1.00 e. The standard InChI is InChI=1S/C12H14BrFN2O.C10H9BrClFN2.C4H2Cl2N2.CH3F.Na.H/c1-4-17-12-15-11-9(14)5-8(13)6-10(11)16(12)7(2)3;1-5(2)15-8-4-6(11)3-7(13)9(8)14-10(15)12;5-3-1-2-7-4(6)8-3;1-2;;/h5-7H,4H2,1-3H3;3-5H,1-2H3;1-2H;1H3;;/q;;;;+1;-1/i;;;1D;;. The molecule has 0 saturated carbocycles. The summed E-state index contributed by atoms with van der Waals surface area (Å²) in [5.41, 5.74) is 2.12. The van der Waals surface area contributed by atoms with Gasteiger partial charge in [0.1, 0.15) is 16.2 Å². The van der Waals surface area contributed by atoms with Gasteiger partial charge in [0, 0.05) is 27.2 Å². The molecule has 0 spiro atoms. The molecule has 3 heterocycles. The Morgan fingerprint density at radius 3 is 1.81 bits per heavy atom.